The van der Waals surface area contributed by atoms with Crippen LogP contribution in [0.25, 0.3) is 10.7 Å². The Morgan fingerprint density at radius 2 is 2.04 bits per heavy atom. The van der Waals surface area contributed by atoms with Gasteiger partial charge in [-0.2, -0.15) is 5.26 Å². The summed E-state index contributed by atoms with van der Waals surface area (Å²) >= 11 is 3.14. The van der Waals surface area contributed by atoms with Gasteiger partial charge in [0.1, 0.15) is 5.25 Å². The minimum atomic E-state index is -0.182. The van der Waals surface area contributed by atoms with Crippen LogP contribution in [0.2, 0.25) is 0 Å². The molecule has 2 aromatic heterocycles. The fraction of sp³-hybridized carbons (Fsp3) is 0.278. The van der Waals surface area contributed by atoms with Gasteiger partial charge in [-0.25, -0.2) is 0 Å². The largest absolute Gasteiger partial charge is 0.302 e. The first-order valence-electron chi connectivity index (χ1n) is 7.80. The first-order chi connectivity index (χ1) is 11.7. The third-order valence-corrected chi connectivity index (χ3v) is 5.64. The van der Waals surface area contributed by atoms with Gasteiger partial charge < -0.3 is 4.57 Å². The first kappa shape index (κ1) is 16.7. The van der Waals surface area contributed by atoms with Gasteiger partial charge in [0.05, 0.1) is 10.9 Å². The second kappa shape index (κ2) is 7.65. The molecule has 1 atom stereocenters. The molecule has 6 heteroatoms. The van der Waals surface area contributed by atoms with Crippen molar-refractivity contribution in [3.05, 3.63) is 52.9 Å². The van der Waals surface area contributed by atoms with Crippen LogP contribution in [0.5, 0.6) is 0 Å². The molecule has 24 heavy (non-hydrogen) atoms. The number of hydrogen-bond acceptors (Lipinski definition) is 5. The summed E-state index contributed by atoms with van der Waals surface area (Å²) in [4.78, 5) is 1.10. The molecule has 0 aliphatic carbocycles. The van der Waals surface area contributed by atoms with Crippen molar-refractivity contribution < 1.29 is 0 Å². The number of nitriles is 1. The van der Waals surface area contributed by atoms with E-state index in [4.69, 9.17) is 0 Å². The molecule has 122 valence electrons. The molecule has 4 nitrogen and oxygen atoms in total. The predicted molar refractivity (Wildman–Crippen MR) is 99.2 cm³/mol. The zero-order chi connectivity index (χ0) is 16.9. The minimum Gasteiger partial charge on any atom is -0.302 e. The molecule has 0 aliphatic rings. The molecule has 0 radical (unpaired) electrons. The molecule has 0 amide bonds. The molecule has 0 spiro atoms. The first-order valence-corrected chi connectivity index (χ1v) is 9.56. The lowest BCUT2D eigenvalue weighted by atomic mass is 10.1. The predicted octanol–water partition coefficient (Wildman–Crippen LogP) is 4.56. The molecule has 2 heterocycles. The van der Waals surface area contributed by atoms with E-state index >= 15 is 0 Å². The van der Waals surface area contributed by atoms with Gasteiger partial charge in [0.15, 0.2) is 11.0 Å². The lowest BCUT2D eigenvalue weighted by Gasteiger charge is -2.10. The van der Waals surface area contributed by atoms with E-state index in [0.29, 0.717) is 6.42 Å². The zero-order valence-electron chi connectivity index (χ0n) is 13.6. The molecule has 0 bridgehead atoms. The number of benzene rings is 1. The van der Waals surface area contributed by atoms with Crippen molar-refractivity contribution in [2.45, 2.75) is 37.2 Å². The Morgan fingerprint density at radius 3 is 2.67 bits per heavy atom. The Hall–Kier alpha value is -2.10. The van der Waals surface area contributed by atoms with E-state index in [9.17, 15) is 5.26 Å². The van der Waals surface area contributed by atoms with Crippen LogP contribution in [0, 0.1) is 18.3 Å². The molecule has 3 aromatic rings. The third kappa shape index (κ3) is 3.69. The number of rotatable bonds is 6. The van der Waals surface area contributed by atoms with Crippen LogP contribution >= 0.6 is 23.1 Å². The normalized spacial score (nSPS) is 12.0. The smallest absolute Gasteiger partial charge is 0.192 e. The number of nitrogens with zero attached hydrogens (tertiary/aromatic N) is 4. The van der Waals surface area contributed by atoms with Crippen LogP contribution in [0.4, 0.5) is 0 Å². The number of aromatic nitrogens is 3. The summed E-state index contributed by atoms with van der Waals surface area (Å²) in [7, 11) is 0. The topological polar surface area (TPSA) is 54.5 Å². The second-order valence-electron chi connectivity index (χ2n) is 5.45. The van der Waals surface area contributed by atoms with E-state index in [-0.39, 0.29) is 5.25 Å². The number of thioether (sulfide) groups is 1. The zero-order valence-corrected chi connectivity index (χ0v) is 15.3. The van der Waals surface area contributed by atoms with E-state index < -0.39 is 0 Å². The summed E-state index contributed by atoms with van der Waals surface area (Å²) in [6, 6.07) is 14.8. The van der Waals surface area contributed by atoms with Gasteiger partial charge in [-0.15, -0.1) is 21.5 Å². The fourth-order valence-electron chi connectivity index (χ4n) is 2.43. The molecule has 0 saturated carbocycles. The Labute approximate surface area is 150 Å². The van der Waals surface area contributed by atoms with Crippen molar-refractivity contribution in [3.8, 4) is 16.8 Å². The van der Waals surface area contributed by atoms with Crippen LogP contribution in [0.1, 0.15) is 18.1 Å². The molecule has 0 fully saturated rings. The Kier molecular flexibility index (Phi) is 5.34. The van der Waals surface area contributed by atoms with Crippen LogP contribution < -0.4 is 0 Å². The molecule has 0 aliphatic heterocycles. The van der Waals surface area contributed by atoms with Crippen LogP contribution in [-0.2, 0) is 13.0 Å². The molecule has 0 unspecified atom stereocenters. The van der Waals surface area contributed by atoms with E-state index in [1.54, 1.807) is 11.3 Å². The van der Waals surface area contributed by atoms with Crippen molar-refractivity contribution in [1.29, 1.82) is 5.26 Å². The molecule has 3 rings (SSSR count). The summed E-state index contributed by atoms with van der Waals surface area (Å²) in [6.45, 7) is 4.92. The van der Waals surface area contributed by atoms with Crippen LogP contribution in [-0.4, -0.2) is 20.0 Å². The highest BCUT2D eigenvalue weighted by Crippen LogP contribution is 2.30. The van der Waals surface area contributed by atoms with Crippen molar-refractivity contribution in [3.63, 3.8) is 0 Å². The van der Waals surface area contributed by atoms with E-state index in [0.717, 1.165) is 22.4 Å². The molecular weight excluding hydrogens is 336 g/mol. The standard InChI is InChI=1S/C18H18N4S2/c1-3-22-17(16-5-4-10-23-16)20-21-18(22)24-15(12-19)11-14-8-6-13(2)7-9-14/h4-10,15H,3,11H2,1-2H3/t15-/m0/s1. The van der Waals surface area contributed by atoms with Gasteiger partial charge in [-0.1, -0.05) is 47.7 Å². The molecular formula is C18H18N4S2. The van der Waals surface area contributed by atoms with Crippen LogP contribution in [0.15, 0.2) is 46.9 Å². The summed E-state index contributed by atoms with van der Waals surface area (Å²) in [5.74, 6) is 0.877. The summed E-state index contributed by atoms with van der Waals surface area (Å²) in [5, 5.41) is 20.8. The van der Waals surface area contributed by atoms with Crippen molar-refractivity contribution in [2.24, 2.45) is 0 Å². The summed E-state index contributed by atoms with van der Waals surface area (Å²) in [5.41, 5.74) is 2.40. The maximum atomic E-state index is 9.53. The highest BCUT2D eigenvalue weighted by molar-refractivity contribution is 8.00. The maximum Gasteiger partial charge on any atom is 0.192 e. The monoisotopic (exact) mass is 354 g/mol. The van der Waals surface area contributed by atoms with Gasteiger partial charge in [-0.3, -0.25) is 0 Å². The van der Waals surface area contributed by atoms with Crippen molar-refractivity contribution >= 4 is 23.1 Å². The lowest BCUT2D eigenvalue weighted by Crippen LogP contribution is -2.07. The molecule has 0 N–H and O–H groups in total. The van der Waals surface area contributed by atoms with E-state index in [2.05, 4.69) is 58.9 Å². The van der Waals surface area contributed by atoms with Gasteiger partial charge in [0, 0.05) is 6.54 Å². The molecule has 1 aromatic carbocycles. The highest BCUT2D eigenvalue weighted by atomic mass is 32.2. The average Bonchev–Trinajstić information content (AvgIpc) is 3.25. The Balaban J connectivity index is 1.79. The minimum absolute atomic E-state index is 0.182. The van der Waals surface area contributed by atoms with Gasteiger partial charge in [-0.05, 0) is 37.3 Å². The molecule has 0 saturated heterocycles. The highest BCUT2D eigenvalue weighted by Gasteiger charge is 2.18. The summed E-state index contributed by atoms with van der Waals surface area (Å²) in [6.07, 6.45) is 0.701. The van der Waals surface area contributed by atoms with Gasteiger partial charge in [0.2, 0.25) is 0 Å². The SMILES string of the molecule is CCn1c(S[C@H](C#N)Cc2ccc(C)cc2)nnc1-c1cccs1. The van der Waals surface area contributed by atoms with Crippen molar-refractivity contribution in [1.82, 2.24) is 14.8 Å². The van der Waals surface area contributed by atoms with E-state index in [1.807, 2.05) is 17.5 Å². The quantitative estimate of drug-likeness (QED) is 0.609. The van der Waals surface area contributed by atoms with Gasteiger partial charge in [0.25, 0.3) is 0 Å². The second-order valence-corrected chi connectivity index (χ2v) is 7.57. The van der Waals surface area contributed by atoms with E-state index in [1.165, 1.54) is 22.9 Å². The van der Waals surface area contributed by atoms with Gasteiger partial charge >= 0.3 is 0 Å². The van der Waals surface area contributed by atoms with Crippen LogP contribution in [0.3, 0.4) is 0 Å². The lowest BCUT2D eigenvalue weighted by molar-refractivity contribution is 0.687. The Bertz CT molecular complexity index is 829. The Morgan fingerprint density at radius 1 is 1.25 bits per heavy atom. The summed E-state index contributed by atoms with van der Waals surface area (Å²) < 4.78 is 2.08. The number of aryl methyl sites for hydroxylation is 1. The third-order valence-electron chi connectivity index (χ3n) is 3.71. The number of thiophene rings is 1. The maximum absolute atomic E-state index is 9.53. The number of hydrogen-bond donors (Lipinski definition) is 0. The van der Waals surface area contributed by atoms with Crippen molar-refractivity contribution in [2.75, 3.05) is 0 Å². The average molecular weight is 355 g/mol. The fourth-order valence-corrected chi connectivity index (χ4v) is 4.16.